The topological polar surface area (TPSA) is 33.1 Å². The minimum atomic E-state index is 0.697. The van der Waals surface area contributed by atoms with Gasteiger partial charge in [-0.05, 0) is 30.4 Å². The van der Waals surface area contributed by atoms with E-state index in [-0.39, 0.29) is 0 Å². The molecular weight excluding hydrogens is 244 g/mol. The minimum absolute atomic E-state index is 0.697. The summed E-state index contributed by atoms with van der Waals surface area (Å²) in [6.45, 7) is 0.731. The molecule has 4 nitrogen and oxygen atoms in total. The Labute approximate surface area is 112 Å². The van der Waals surface area contributed by atoms with Crippen LogP contribution in [0.2, 0.25) is 0 Å². The van der Waals surface area contributed by atoms with Crippen LogP contribution >= 0.6 is 12.2 Å². The first-order chi connectivity index (χ1) is 8.66. The first-order valence-corrected chi connectivity index (χ1v) is 6.11. The average Bonchev–Trinajstić information content (AvgIpc) is 2.76. The number of nitrogens with zero attached hydrogens (tertiary/aromatic N) is 3. The second-order valence-corrected chi connectivity index (χ2v) is 4.49. The van der Waals surface area contributed by atoms with Gasteiger partial charge in [0.2, 0.25) is 0 Å². The molecule has 0 saturated carbocycles. The minimum Gasteiger partial charge on any atom is -0.346 e. The van der Waals surface area contributed by atoms with Crippen molar-refractivity contribution in [2.24, 2.45) is 7.05 Å². The third-order valence-electron chi connectivity index (χ3n) is 2.69. The molecule has 1 N–H and O–H groups in total. The van der Waals surface area contributed by atoms with E-state index in [4.69, 9.17) is 12.2 Å². The summed E-state index contributed by atoms with van der Waals surface area (Å²) in [5.41, 5.74) is 2.12. The fraction of sp³-hybridized carbons (Fsp3) is 0.231. The van der Waals surface area contributed by atoms with Gasteiger partial charge < -0.3 is 10.2 Å². The summed E-state index contributed by atoms with van der Waals surface area (Å²) in [7, 11) is 3.89. The van der Waals surface area contributed by atoms with Crippen molar-refractivity contribution in [1.82, 2.24) is 14.7 Å². The van der Waals surface area contributed by atoms with Crippen LogP contribution < -0.4 is 5.32 Å². The van der Waals surface area contributed by atoms with Gasteiger partial charge in [-0.15, -0.1) is 0 Å². The van der Waals surface area contributed by atoms with Gasteiger partial charge in [-0.2, -0.15) is 5.10 Å². The molecule has 0 aliphatic rings. The molecule has 1 aromatic carbocycles. The molecule has 1 aromatic heterocycles. The highest BCUT2D eigenvalue weighted by Gasteiger charge is 2.07. The summed E-state index contributed by atoms with van der Waals surface area (Å²) in [4.78, 5) is 1.99. The van der Waals surface area contributed by atoms with Crippen LogP contribution in [0.25, 0.3) is 0 Å². The molecule has 2 aromatic rings. The standard InChI is InChI=1S/C13H16N4S/c1-16(10-12-8-9-14-17(12)2)13(18)15-11-6-4-3-5-7-11/h3-9H,10H2,1-2H3,(H,15,18). The summed E-state index contributed by atoms with van der Waals surface area (Å²) in [6, 6.07) is 11.9. The lowest BCUT2D eigenvalue weighted by molar-refractivity contribution is 0.482. The highest BCUT2D eigenvalue weighted by molar-refractivity contribution is 7.80. The zero-order chi connectivity index (χ0) is 13.0. The lowest BCUT2D eigenvalue weighted by atomic mass is 10.3. The van der Waals surface area contributed by atoms with Crippen LogP contribution in [0.5, 0.6) is 0 Å². The van der Waals surface area contributed by atoms with Gasteiger partial charge >= 0.3 is 0 Å². The van der Waals surface area contributed by atoms with Crippen molar-refractivity contribution in [2.75, 3.05) is 12.4 Å². The highest BCUT2D eigenvalue weighted by atomic mass is 32.1. The molecule has 0 radical (unpaired) electrons. The van der Waals surface area contributed by atoms with Crippen molar-refractivity contribution in [3.05, 3.63) is 48.3 Å². The van der Waals surface area contributed by atoms with E-state index >= 15 is 0 Å². The molecule has 0 unspecified atom stereocenters. The first kappa shape index (κ1) is 12.6. The molecule has 0 spiro atoms. The van der Waals surface area contributed by atoms with Crippen molar-refractivity contribution in [3.63, 3.8) is 0 Å². The van der Waals surface area contributed by atoms with Crippen molar-refractivity contribution in [2.45, 2.75) is 6.54 Å². The van der Waals surface area contributed by atoms with Crippen LogP contribution in [0.1, 0.15) is 5.69 Å². The molecule has 0 aliphatic carbocycles. The molecule has 5 heteroatoms. The van der Waals surface area contributed by atoms with Crippen LogP contribution in [0, 0.1) is 0 Å². The molecular formula is C13H16N4S. The van der Waals surface area contributed by atoms with E-state index in [9.17, 15) is 0 Å². The molecule has 1 heterocycles. The van der Waals surface area contributed by atoms with E-state index in [1.807, 2.05) is 60.1 Å². The summed E-state index contributed by atoms with van der Waals surface area (Å²) >= 11 is 5.36. The monoisotopic (exact) mass is 260 g/mol. The molecule has 0 atom stereocenters. The molecule has 18 heavy (non-hydrogen) atoms. The Kier molecular flexibility index (Phi) is 3.94. The van der Waals surface area contributed by atoms with E-state index in [2.05, 4.69) is 10.4 Å². The fourth-order valence-corrected chi connectivity index (χ4v) is 1.79. The van der Waals surface area contributed by atoms with Crippen LogP contribution in [0.4, 0.5) is 5.69 Å². The summed E-state index contributed by atoms with van der Waals surface area (Å²) < 4.78 is 1.85. The maximum atomic E-state index is 5.36. The number of hydrogen-bond acceptors (Lipinski definition) is 2. The van der Waals surface area contributed by atoms with Crippen molar-refractivity contribution >= 4 is 23.0 Å². The zero-order valence-electron chi connectivity index (χ0n) is 10.5. The van der Waals surface area contributed by atoms with Gasteiger partial charge in [0.05, 0.1) is 12.2 Å². The first-order valence-electron chi connectivity index (χ1n) is 5.71. The lowest BCUT2D eigenvalue weighted by Crippen LogP contribution is -2.31. The van der Waals surface area contributed by atoms with E-state index < -0.39 is 0 Å². The third-order valence-corrected chi connectivity index (χ3v) is 3.11. The van der Waals surface area contributed by atoms with E-state index in [1.165, 1.54) is 0 Å². The zero-order valence-corrected chi connectivity index (χ0v) is 11.3. The molecule has 0 fully saturated rings. The molecule has 94 valence electrons. The van der Waals surface area contributed by atoms with Gasteiger partial charge in [-0.3, -0.25) is 4.68 Å². The fourth-order valence-electron chi connectivity index (χ4n) is 1.61. The van der Waals surface area contributed by atoms with Crippen LogP contribution in [0.3, 0.4) is 0 Å². The maximum absolute atomic E-state index is 5.36. The smallest absolute Gasteiger partial charge is 0.173 e. The SMILES string of the molecule is CN(Cc1ccnn1C)C(=S)Nc1ccccc1. The predicted octanol–water partition coefficient (Wildman–Crippen LogP) is 2.25. The molecule has 2 rings (SSSR count). The number of hydrogen-bond donors (Lipinski definition) is 1. The van der Waals surface area contributed by atoms with Gasteiger partial charge in [0.25, 0.3) is 0 Å². The predicted molar refractivity (Wildman–Crippen MR) is 77.3 cm³/mol. The molecule has 0 saturated heterocycles. The Balaban J connectivity index is 1.95. The number of rotatable bonds is 3. The van der Waals surface area contributed by atoms with E-state index in [0.29, 0.717) is 5.11 Å². The van der Waals surface area contributed by atoms with Gasteiger partial charge in [0.15, 0.2) is 5.11 Å². The average molecular weight is 260 g/mol. The van der Waals surface area contributed by atoms with Crippen molar-refractivity contribution < 1.29 is 0 Å². The van der Waals surface area contributed by atoms with Crippen LogP contribution in [-0.2, 0) is 13.6 Å². The van der Waals surface area contributed by atoms with Gasteiger partial charge in [-0.1, -0.05) is 18.2 Å². The lowest BCUT2D eigenvalue weighted by Gasteiger charge is -2.21. The Morgan fingerprint density at radius 2 is 2.06 bits per heavy atom. The van der Waals surface area contributed by atoms with Gasteiger partial charge in [0, 0.05) is 26.0 Å². The van der Waals surface area contributed by atoms with Gasteiger partial charge in [-0.25, -0.2) is 0 Å². The van der Waals surface area contributed by atoms with Crippen molar-refractivity contribution in [3.8, 4) is 0 Å². The number of nitrogens with one attached hydrogen (secondary N) is 1. The molecule has 0 bridgehead atoms. The largest absolute Gasteiger partial charge is 0.346 e. The summed E-state index contributed by atoms with van der Waals surface area (Å²) in [5.74, 6) is 0. The number of aromatic nitrogens is 2. The van der Waals surface area contributed by atoms with Crippen LogP contribution in [-0.4, -0.2) is 26.8 Å². The van der Waals surface area contributed by atoms with Gasteiger partial charge in [0.1, 0.15) is 0 Å². The number of para-hydroxylation sites is 1. The van der Waals surface area contributed by atoms with Crippen LogP contribution in [0.15, 0.2) is 42.6 Å². The van der Waals surface area contributed by atoms with Crippen molar-refractivity contribution in [1.29, 1.82) is 0 Å². The molecule has 0 amide bonds. The molecule has 0 aliphatic heterocycles. The maximum Gasteiger partial charge on any atom is 0.173 e. The Morgan fingerprint density at radius 1 is 1.33 bits per heavy atom. The van der Waals surface area contributed by atoms with E-state index in [0.717, 1.165) is 17.9 Å². The Hall–Kier alpha value is -1.88. The summed E-state index contributed by atoms with van der Waals surface area (Å²) in [5, 5.41) is 8.04. The Bertz CT molecular complexity index is 521. The number of thiocarbonyl (C=S) groups is 1. The van der Waals surface area contributed by atoms with E-state index in [1.54, 1.807) is 6.20 Å². The summed E-state index contributed by atoms with van der Waals surface area (Å²) in [6.07, 6.45) is 1.79. The number of aryl methyl sites for hydroxylation is 1. The second kappa shape index (κ2) is 5.64. The second-order valence-electron chi connectivity index (χ2n) is 4.10. The Morgan fingerprint density at radius 3 is 2.67 bits per heavy atom. The number of benzene rings is 1. The number of anilines is 1. The third kappa shape index (κ3) is 3.07. The normalized spacial score (nSPS) is 10.1. The quantitative estimate of drug-likeness (QED) is 0.858. The highest BCUT2D eigenvalue weighted by Crippen LogP contribution is 2.08.